The number of amides is 1. The quantitative estimate of drug-likeness (QED) is 0.433. The van der Waals surface area contributed by atoms with E-state index in [2.05, 4.69) is 5.32 Å². The molecule has 5 nitrogen and oxygen atoms in total. The van der Waals surface area contributed by atoms with Gasteiger partial charge in [-0.1, -0.05) is 18.2 Å². The minimum Gasteiger partial charge on any atom is -0.345 e. The standard InChI is InChI=1S/C26H28F4N4O/c1-15-10-19(6-7-22(15)27)23(18-4-5-18)32-24(35)21-12-17(14-34-9-8-33(3)25(34)31)11-20(13-21)16(2)26(28,29)30/h6-13,16,18,23,31H,4-5,14H2,1-3H3,(H,32,35)/t16-,23-/m0/s1. The monoisotopic (exact) mass is 488 g/mol. The van der Waals surface area contributed by atoms with Gasteiger partial charge in [0.05, 0.1) is 18.5 Å². The molecular formula is C26H28F4N4O. The van der Waals surface area contributed by atoms with Gasteiger partial charge in [-0.3, -0.25) is 10.2 Å². The van der Waals surface area contributed by atoms with Crippen molar-refractivity contribution in [1.82, 2.24) is 14.5 Å². The van der Waals surface area contributed by atoms with Gasteiger partial charge in [0.1, 0.15) is 5.82 Å². The number of nitrogens with zero attached hydrogens (tertiary/aromatic N) is 2. The highest BCUT2D eigenvalue weighted by molar-refractivity contribution is 5.95. The molecule has 0 saturated heterocycles. The van der Waals surface area contributed by atoms with Crippen molar-refractivity contribution in [2.45, 2.75) is 51.4 Å². The van der Waals surface area contributed by atoms with Gasteiger partial charge in [-0.25, -0.2) is 4.39 Å². The Morgan fingerprint density at radius 1 is 1.14 bits per heavy atom. The van der Waals surface area contributed by atoms with Crippen LogP contribution in [0.1, 0.15) is 64.3 Å². The van der Waals surface area contributed by atoms with E-state index >= 15 is 0 Å². The van der Waals surface area contributed by atoms with E-state index in [0.717, 1.165) is 25.3 Å². The Hall–Kier alpha value is -3.36. The van der Waals surface area contributed by atoms with Gasteiger partial charge >= 0.3 is 6.18 Å². The molecule has 9 heteroatoms. The Kier molecular flexibility index (Phi) is 6.62. The van der Waals surface area contributed by atoms with E-state index in [-0.39, 0.29) is 41.1 Å². The Labute approximate surface area is 200 Å². The fourth-order valence-electron chi connectivity index (χ4n) is 4.22. The van der Waals surface area contributed by atoms with Gasteiger partial charge in [0, 0.05) is 25.0 Å². The molecule has 0 radical (unpaired) electrons. The van der Waals surface area contributed by atoms with Crippen LogP contribution < -0.4 is 10.9 Å². The number of benzene rings is 2. The number of carbonyl (C=O) groups is 1. The number of aromatic nitrogens is 2. The van der Waals surface area contributed by atoms with Crippen molar-refractivity contribution in [2.75, 3.05) is 0 Å². The number of hydrogen-bond donors (Lipinski definition) is 2. The molecule has 186 valence electrons. The molecule has 0 bridgehead atoms. The van der Waals surface area contributed by atoms with Crippen LogP contribution in [0.4, 0.5) is 17.6 Å². The first-order valence-corrected chi connectivity index (χ1v) is 11.5. The van der Waals surface area contributed by atoms with Crippen molar-refractivity contribution in [3.05, 3.63) is 88.0 Å². The first-order chi connectivity index (χ1) is 16.4. The summed E-state index contributed by atoms with van der Waals surface area (Å²) in [6, 6.07) is 8.66. The summed E-state index contributed by atoms with van der Waals surface area (Å²) in [7, 11) is 1.70. The van der Waals surface area contributed by atoms with E-state index < -0.39 is 18.0 Å². The summed E-state index contributed by atoms with van der Waals surface area (Å²) in [6.07, 6.45) is 0.712. The van der Waals surface area contributed by atoms with Crippen LogP contribution >= 0.6 is 0 Å². The summed E-state index contributed by atoms with van der Waals surface area (Å²) in [4.78, 5) is 13.3. The molecule has 2 atom stereocenters. The van der Waals surface area contributed by atoms with Crippen LogP contribution in [0.25, 0.3) is 0 Å². The van der Waals surface area contributed by atoms with E-state index in [9.17, 15) is 22.4 Å². The van der Waals surface area contributed by atoms with E-state index in [1.54, 1.807) is 53.7 Å². The molecule has 1 saturated carbocycles. The van der Waals surface area contributed by atoms with Crippen LogP contribution in [0.5, 0.6) is 0 Å². The lowest BCUT2D eigenvalue weighted by Gasteiger charge is -2.21. The fourth-order valence-corrected chi connectivity index (χ4v) is 4.22. The number of rotatable bonds is 7. The van der Waals surface area contributed by atoms with Gasteiger partial charge in [0.25, 0.3) is 5.91 Å². The van der Waals surface area contributed by atoms with Crippen LogP contribution in [0.15, 0.2) is 48.8 Å². The van der Waals surface area contributed by atoms with E-state index in [1.807, 2.05) is 0 Å². The van der Waals surface area contributed by atoms with Gasteiger partial charge in [-0.2, -0.15) is 13.2 Å². The van der Waals surface area contributed by atoms with E-state index in [0.29, 0.717) is 11.1 Å². The summed E-state index contributed by atoms with van der Waals surface area (Å²) in [5, 5.41) is 11.1. The highest BCUT2D eigenvalue weighted by atomic mass is 19.4. The zero-order chi connectivity index (χ0) is 25.5. The summed E-state index contributed by atoms with van der Waals surface area (Å²) in [5.41, 5.74) is 2.04. The maximum atomic E-state index is 13.8. The van der Waals surface area contributed by atoms with Crippen molar-refractivity contribution < 1.29 is 22.4 Å². The van der Waals surface area contributed by atoms with Crippen molar-refractivity contribution in [3.63, 3.8) is 0 Å². The minimum atomic E-state index is -4.46. The van der Waals surface area contributed by atoms with Gasteiger partial charge in [0.2, 0.25) is 5.62 Å². The van der Waals surface area contributed by atoms with Crippen molar-refractivity contribution in [1.29, 1.82) is 5.41 Å². The summed E-state index contributed by atoms with van der Waals surface area (Å²) >= 11 is 0. The van der Waals surface area contributed by atoms with Crippen molar-refractivity contribution in [3.8, 4) is 0 Å². The Balaban J connectivity index is 1.68. The number of aryl methyl sites for hydroxylation is 2. The molecule has 1 aromatic heterocycles. The Morgan fingerprint density at radius 3 is 2.43 bits per heavy atom. The molecule has 4 rings (SSSR count). The molecule has 3 aromatic rings. The molecule has 1 heterocycles. The normalized spacial score (nSPS) is 15.6. The second-order valence-electron chi connectivity index (χ2n) is 9.38. The number of hydrogen-bond acceptors (Lipinski definition) is 2. The molecule has 35 heavy (non-hydrogen) atoms. The van der Waals surface area contributed by atoms with Crippen LogP contribution in [0.3, 0.4) is 0 Å². The minimum absolute atomic E-state index is 0.0104. The first-order valence-electron chi connectivity index (χ1n) is 11.5. The first kappa shape index (κ1) is 24.8. The predicted octanol–water partition coefficient (Wildman–Crippen LogP) is 5.35. The molecule has 2 N–H and O–H groups in total. The third-order valence-electron chi connectivity index (χ3n) is 6.62. The lowest BCUT2D eigenvalue weighted by Crippen LogP contribution is -2.30. The van der Waals surface area contributed by atoms with Crippen LogP contribution in [0, 0.1) is 24.1 Å². The van der Waals surface area contributed by atoms with Crippen LogP contribution in [0.2, 0.25) is 0 Å². The zero-order valence-electron chi connectivity index (χ0n) is 19.8. The van der Waals surface area contributed by atoms with Crippen LogP contribution in [-0.2, 0) is 13.6 Å². The molecule has 1 amide bonds. The molecule has 0 spiro atoms. The number of carbonyl (C=O) groups excluding carboxylic acids is 1. The van der Waals surface area contributed by atoms with E-state index in [1.165, 1.54) is 18.2 Å². The molecule has 1 fully saturated rings. The highest BCUT2D eigenvalue weighted by Crippen LogP contribution is 2.41. The summed E-state index contributed by atoms with van der Waals surface area (Å²) in [6.45, 7) is 2.88. The molecule has 0 aliphatic heterocycles. The largest absolute Gasteiger partial charge is 0.395 e. The molecule has 1 aliphatic carbocycles. The lowest BCUT2D eigenvalue weighted by molar-refractivity contribution is -0.146. The van der Waals surface area contributed by atoms with Gasteiger partial charge in [-0.15, -0.1) is 0 Å². The average Bonchev–Trinajstić information content (AvgIpc) is 3.60. The maximum Gasteiger partial charge on any atom is 0.395 e. The fraction of sp³-hybridized carbons (Fsp3) is 0.385. The zero-order valence-corrected chi connectivity index (χ0v) is 19.8. The number of alkyl halides is 3. The average molecular weight is 489 g/mol. The van der Waals surface area contributed by atoms with Gasteiger partial charge < -0.3 is 14.5 Å². The molecule has 1 aliphatic rings. The summed E-state index contributed by atoms with van der Waals surface area (Å²) in [5.74, 6) is -2.37. The molecular weight excluding hydrogens is 460 g/mol. The third-order valence-corrected chi connectivity index (χ3v) is 6.62. The second kappa shape index (κ2) is 9.36. The van der Waals surface area contributed by atoms with Crippen molar-refractivity contribution >= 4 is 5.91 Å². The van der Waals surface area contributed by atoms with Crippen LogP contribution in [-0.4, -0.2) is 21.2 Å². The number of nitrogens with one attached hydrogen (secondary N) is 2. The second-order valence-corrected chi connectivity index (χ2v) is 9.38. The third kappa shape index (κ3) is 5.49. The SMILES string of the molecule is Cc1cc([C@@H](NC(=O)c2cc(Cn3ccn(C)c3=N)cc([C@H](C)C(F)(F)F)c2)C2CC2)ccc1F. The van der Waals surface area contributed by atoms with Crippen molar-refractivity contribution in [2.24, 2.45) is 13.0 Å². The molecule has 2 aromatic carbocycles. The van der Waals surface area contributed by atoms with E-state index in [4.69, 9.17) is 5.41 Å². The Morgan fingerprint density at radius 2 is 1.86 bits per heavy atom. The van der Waals surface area contributed by atoms with Gasteiger partial charge in [0.15, 0.2) is 0 Å². The molecule has 0 unspecified atom stereocenters. The smallest absolute Gasteiger partial charge is 0.345 e. The number of imidazole rings is 1. The summed E-state index contributed by atoms with van der Waals surface area (Å²) < 4.78 is 57.6. The lowest BCUT2D eigenvalue weighted by atomic mass is 9.94. The topological polar surface area (TPSA) is 62.8 Å². The highest BCUT2D eigenvalue weighted by Gasteiger charge is 2.38. The predicted molar refractivity (Wildman–Crippen MR) is 123 cm³/mol. The van der Waals surface area contributed by atoms with Gasteiger partial charge in [-0.05, 0) is 73.1 Å². The maximum absolute atomic E-state index is 13.8. The number of halogens is 4. The Bertz CT molecular complexity index is 1300.